The smallest absolute Gasteiger partial charge is 0.254 e. The normalized spacial score (nSPS) is 20.2. The van der Waals surface area contributed by atoms with Crippen LogP contribution in [0.15, 0.2) is 75.7 Å². The van der Waals surface area contributed by atoms with Gasteiger partial charge in [0.15, 0.2) is 12.2 Å². The second-order valence-corrected chi connectivity index (χ2v) is 10.1. The molecule has 2 aliphatic rings. The van der Waals surface area contributed by atoms with Gasteiger partial charge in [-0.25, -0.2) is 4.99 Å². The van der Waals surface area contributed by atoms with Gasteiger partial charge >= 0.3 is 0 Å². The van der Waals surface area contributed by atoms with E-state index in [-0.39, 0.29) is 24.4 Å². The molecule has 8 nitrogen and oxygen atoms in total. The molecular formula is C29H40ClN3O5. The Morgan fingerprint density at radius 1 is 1.29 bits per heavy atom. The summed E-state index contributed by atoms with van der Waals surface area (Å²) in [4.78, 5) is 31.1. The fourth-order valence-electron chi connectivity index (χ4n) is 4.08. The van der Waals surface area contributed by atoms with Crippen molar-refractivity contribution < 1.29 is 24.9 Å². The van der Waals surface area contributed by atoms with Crippen LogP contribution in [0.1, 0.15) is 52.9 Å². The fourth-order valence-corrected chi connectivity index (χ4v) is 4.15. The molecule has 0 saturated heterocycles. The van der Waals surface area contributed by atoms with Crippen molar-refractivity contribution in [2.24, 2.45) is 10.9 Å². The molecule has 0 aromatic heterocycles. The summed E-state index contributed by atoms with van der Waals surface area (Å²) in [5.41, 5.74) is 1.55. The van der Waals surface area contributed by atoms with Gasteiger partial charge in [0.25, 0.3) is 11.8 Å². The van der Waals surface area contributed by atoms with Crippen molar-refractivity contribution >= 4 is 29.6 Å². The average molecular weight is 546 g/mol. The van der Waals surface area contributed by atoms with Gasteiger partial charge < -0.3 is 25.5 Å². The molecule has 4 N–H and O–H groups in total. The van der Waals surface area contributed by atoms with Gasteiger partial charge in [-0.3, -0.25) is 9.59 Å². The van der Waals surface area contributed by atoms with Crippen molar-refractivity contribution in [1.82, 2.24) is 10.2 Å². The zero-order chi connectivity index (χ0) is 28.1. The van der Waals surface area contributed by atoms with E-state index in [1.807, 2.05) is 50.3 Å². The summed E-state index contributed by atoms with van der Waals surface area (Å²) < 4.78 is 0. The summed E-state index contributed by atoms with van der Waals surface area (Å²) in [6.07, 6.45) is 16.2. The topological polar surface area (TPSA) is 122 Å². The molecule has 9 heteroatoms. The number of nitrogens with one attached hydrogen (secondary N) is 1. The van der Waals surface area contributed by atoms with Gasteiger partial charge in [0, 0.05) is 48.3 Å². The van der Waals surface area contributed by atoms with E-state index < -0.39 is 24.0 Å². The number of unbranched alkanes of at least 4 members (excludes halogenated alkanes) is 1. The number of nitrogens with zero attached hydrogens (tertiary/aromatic N) is 2. The molecule has 38 heavy (non-hydrogen) atoms. The minimum Gasteiger partial charge on any atom is -0.493 e. The number of rotatable bonds is 13. The summed E-state index contributed by atoms with van der Waals surface area (Å²) in [6, 6.07) is -0.242. The van der Waals surface area contributed by atoms with Gasteiger partial charge in [-0.05, 0) is 44.8 Å². The van der Waals surface area contributed by atoms with Crippen LogP contribution in [-0.2, 0) is 9.59 Å². The molecule has 2 amide bonds. The lowest BCUT2D eigenvalue weighted by atomic mass is 9.89. The summed E-state index contributed by atoms with van der Waals surface area (Å²) in [7, 11) is 0. The molecule has 208 valence electrons. The Balaban J connectivity index is 1.93. The maximum Gasteiger partial charge on any atom is 0.254 e. The first kappa shape index (κ1) is 31.3. The van der Waals surface area contributed by atoms with E-state index in [0.29, 0.717) is 30.8 Å². The third-order valence-corrected chi connectivity index (χ3v) is 6.51. The van der Waals surface area contributed by atoms with E-state index >= 15 is 0 Å². The second kappa shape index (κ2) is 16.1. The zero-order valence-corrected chi connectivity index (χ0v) is 23.1. The number of aliphatic hydroxyl groups excluding tert-OH is 3. The van der Waals surface area contributed by atoms with Crippen molar-refractivity contribution in [3.05, 3.63) is 70.7 Å². The number of amides is 2. The van der Waals surface area contributed by atoms with Gasteiger partial charge in [-0.15, -0.1) is 0 Å². The van der Waals surface area contributed by atoms with Gasteiger partial charge in [0.05, 0.1) is 0 Å². The quantitative estimate of drug-likeness (QED) is 0.258. The summed E-state index contributed by atoms with van der Waals surface area (Å²) in [5, 5.41) is 34.4. The Kier molecular flexibility index (Phi) is 13.3. The van der Waals surface area contributed by atoms with Crippen molar-refractivity contribution in [2.75, 3.05) is 13.1 Å². The number of aliphatic imine (C=N–C) groups is 1. The lowest BCUT2D eigenvalue weighted by molar-refractivity contribution is -0.154. The standard InChI is InChI=1S/C29H40ClN3O5/c1-4-5-18-33(21(3)11-7-6-10-20(2)30)29(38)26(35)25(34)28(37)32-19-22-13-15-23(16-14-22)24-12-8-9-17-31-27(24)36/h6-8,10,12-15,17,21,23,25-26,34-36H,4-5,9,11,16,18-19H2,1-3H3,(H,32,37)/b7-6-,20-10+. The summed E-state index contributed by atoms with van der Waals surface area (Å²) in [5.74, 6) is -1.54. The molecular weight excluding hydrogens is 506 g/mol. The van der Waals surface area contributed by atoms with E-state index in [4.69, 9.17) is 11.6 Å². The molecule has 4 atom stereocenters. The van der Waals surface area contributed by atoms with Crippen molar-refractivity contribution in [3.63, 3.8) is 0 Å². The maximum atomic E-state index is 13.0. The van der Waals surface area contributed by atoms with E-state index in [1.54, 1.807) is 25.3 Å². The van der Waals surface area contributed by atoms with Crippen molar-refractivity contribution in [3.8, 4) is 0 Å². The molecule has 1 aliphatic heterocycles. The summed E-state index contributed by atoms with van der Waals surface area (Å²) >= 11 is 5.83. The first-order chi connectivity index (χ1) is 18.1. The van der Waals surface area contributed by atoms with Crippen LogP contribution in [0.4, 0.5) is 0 Å². The molecule has 1 heterocycles. The van der Waals surface area contributed by atoms with Crippen LogP contribution in [0.5, 0.6) is 0 Å². The number of hydrogen-bond donors (Lipinski definition) is 4. The fraction of sp³-hybridized carbons (Fsp3) is 0.483. The number of allylic oxidation sites excluding steroid dienone is 8. The molecule has 0 saturated carbocycles. The van der Waals surface area contributed by atoms with Crippen LogP contribution in [0, 0.1) is 5.92 Å². The third-order valence-electron chi connectivity index (χ3n) is 6.38. The predicted molar refractivity (Wildman–Crippen MR) is 152 cm³/mol. The Morgan fingerprint density at radius 3 is 2.71 bits per heavy atom. The second-order valence-electron chi connectivity index (χ2n) is 9.47. The number of hydrogen-bond acceptors (Lipinski definition) is 6. The minimum absolute atomic E-state index is 0.000782. The van der Waals surface area contributed by atoms with Crippen LogP contribution in [0.3, 0.4) is 0 Å². The van der Waals surface area contributed by atoms with Crippen molar-refractivity contribution in [1.29, 1.82) is 0 Å². The molecule has 0 aromatic carbocycles. The van der Waals surface area contributed by atoms with Crippen LogP contribution in [0.25, 0.3) is 0 Å². The number of carbonyl (C=O) groups excluding carboxylic acids is 2. The van der Waals surface area contributed by atoms with Crippen molar-refractivity contribution in [2.45, 2.75) is 71.1 Å². The van der Waals surface area contributed by atoms with Gasteiger partial charge in [-0.1, -0.05) is 67.5 Å². The van der Waals surface area contributed by atoms with E-state index in [0.717, 1.165) is 24.0 Å². The van der Waals surface area contributed by atoms with Crippen LogP contribution >= 0.6 is 11.6 Å². The number of carbonyl (C=O) groups is 2. The first-order valence-corrected chi connectivity index (χ1v) is 13.5. The van der Waals surface area contributed by atoms with Crippen LogP contribution < -0.4 is 5.32 Å². The SMILES string of the molecule is CCCCN(C(=O)C(O)C(O)C(=O)NCC1=CCC(C2=C(O)N=CCC=C2)C=C1)C(C)C/C=C\C=C(/C)Cl. The molecule has 0 fully saturated rings. The highest BCUT2D eigenvalue weighted by atomic mass is 35.5. The van der Waals surface area contributed by atoms with Gasteiger partial charge in [-0.2, -0.15) is 0 Å². The minimum atomic E-state index is -1.90. The van der Waals surface area contributed by atoms with E-state index in [2.05, 4.69) is 10.3 Å². The highest BCUT2D eigenvalue weighted by molar-refractivity contribution is 6.29. The molecule has 4 unspecified atom stereocenters. The number of aliphatic hydroxyl groups is 3. The molecule has 1 aliphatic carbocycles. The lowest BCUT2D eigenvalue weighted by Gasteiger charge is -2.31. The molecule has 0 radical (unpaired) electrons. The highest BCUT2D eigenvalue weighted by Gasteiger charge is 2.34. The first-order valence-electron chi connectivity index (χ1n) is 13.1. The predicted octanol–water partition coefficient (Wildman–Crippen LogP) is 4.23. The molecule has 2 rings (SSSR count). The maximum absolute atomic E-state index is 13.0. The van der Waals surface area contributed by atoms with Gasteiger partial charge in [0.2, 0.25) is 5.88 Å². The Morgan fingerprint density at radius 2 is 2.05 bits per heavy atom. The lowest BCUT2D eigenvalue weighted by Crippen LogP contribution is -2.53. The van der Waals surface area contributed by atoms with E-state index in [9.17, 15) is 24.9 Å². The molecule has 0 aromatic rings. The summed E-state index contributed by atoms with van der Waals surface area (Å²) in [6.45, 7) is 6.16. The Hall–Kier alpha value is -2.94. The average Bonchev–Trinajstić information content (AvgIpc) is 3.13. The largest absolute Gasteiger partial charge is 0.493 e. The highest BCUT2D eigenvalue weighted by Crippen LogP contribution is 2.27. The Labute approximate surface area is 230 Å². The van der Waals surface area contributed by atoms with Gasteiger partial charge in [0.1, 0.15) is 0 Å². The number of halogens is 1. The van der Waals surface area contributed by atoms with Crippen LogP contribution in [0.2, 0.25) is 0 Å². The van der Waals surface area contributed by atoms with Crippen LogP contribution in [-0.4, -0.2) is 69.6 Å². The Bertz CT molecular complexity index is 1040. The monoisotopic (exact) mass is 545 g/mol. The third kappa shape index (κ3) is 9.74. The molecule has 0 spiro atoms. The molecule has 0 bridgehead atoms. The van der Waals surface area contributed by atoms with E-state index in [1.165, 1.54) is 4.90 Å². The zero-order valence-electron chi connectivity index (χ0n) is 22.4.